The average Bonchev–Trinajstić information content (AvgIpc) is 2.56. The van der Waals surface area contributed by atoms with Gasteiger partial charge >= 0.3 is 0 Å². The molecule has 96 valence electrons. The lowest BCUT2D eigenvalue weighted by Crippen LogP contribution is -2.41. The minimum atomic E-state index is -0.686. The van der Waals surface area contributed by atoms with Crippen LogP contribution in [0.3, 0.4) is 0 Å². The van der Waals surface area contributed by atoms with E-state index in [1.807, 2.05) is 40.7 Å². The first-order chi connectivity index (χ1) is 8.34. The summed E-state index contributed by atoms with van der Waals surface area (Å²) in [6.07, 6.45) is 1.79. The smallest absolute Gasteiger partial charge is 0.253 e. The number of hydrogen-bond donors (Lipinski definition) is 1. The fraction of sp³-hybridized carbons (Fsp3) is 0.500. The first-order valence-corrected chi connectivity index (χ1v) is 6.19. The summed E-state index contributed by atoms with van der Waals surface area (Å²) in [7, 11) is 0. The number of hydrogen-bond acceptors (Lipinski definition) is 3. The highest BCUT2D eigenvalue weighted by atomic mass is 16.2. The second kappa shape index (κ2) is 4.19. The molecule has 1 aliphatic rings. The van der Waals surface area contributed by atoms with Crippen molar-refractivity contribution in [1.82, 2.24) is 10.3 Å². The Labute approximate surface area is 108 Å². The van der Waals surface area contributed by atoms with E-state index < -0.39 is 5.54 Å². The summed E-state index contributed by atoms with van der Waals surface area (Å²) in [5, 5.41) is 2.85. The molecule has 1 aromatic rings. The fourth-order valence-corrected chi connectivity index (χ4v) is 2.01. The zero-order valence-corrected chi connectivity index (χ0v) is 11.5. The minimum Gasteiger partial charge on any atom is -0.307 e. The van der Waals surface area contributed by atoms with E-state index in [4.69, 9.17) is 0 Å². The van der Waals surface area contributed by atoms with E-state index >= 15 is 0 Å². The molecule has 2 heterocycles. The Morgan fingerprint density at radius 3 is 2.50 bits per heavy atom. The van der Waals surface area contributed by atoms with Crippen molar-refractivity contribution in [1.29, 1.82) is 0 Å². The molecule has 1 aromatic heterocycles. The van der Waals surface area contributed by atoms with E-state index in [1.54, 1.807) is 6.20 Å². The van der Waals surface area contributed by atoms with Crippen molar-refractivity contribution in [3.63, 3.8) is 0 Å². The van der Waals surface area contributed by atoms with E-state index in [0.717, 1.165) is 16.8 Å². The van der Waals surface area contributed by atoms with Crippen LogP contribution >= 0.6 is 0 Å². The number of nitrogens with one attached hydrogen (secondary N) is 1. The molecule has 0 bridgehead atoms. The highest BCUT2D eigenvalue weighted by molar-refractivity contribution is 6.15. The van der Waals surface area contributed by atoms with Crippen LogP contribution in [0.15, 0.2) is 17.3 Å². The molecule has 1 N–H and O–H groups in total. The molecule has 0 spiro atoms. The van der Waals surface area contributed by atoms with Crippen LogP contribution in [0.4, 0.5) is 0 Å². The third-order valence-electron chi connectivity index (χ3n) is 3.60. The first-order valence-electron chi connectivity index (χ1n) is 6.19. The summed E-state index contributed by atoms with van der Waals surface area (Å²) >= 11 is 0. The van der Waals surface area contributed by atoms with Crippen LogP contribution in [-0.2, 0) is 4.79 Å². The quantitative estimate of drug-likeness (QED) is 0.866. The van der Waals surface area contributed by atoms with Crippen molar-refractivity contribution in [2.24, 2.45) is 10.9 Å². The van der Waals surface area contributed by atoms with Crippen molar-refractivity contribution in [3.8, 4) is 0 Å². The molecule has 1 unspecified atom stereocenters. The molecule has 1 aliphatic heterocycles. The number of carbonyl (C=O) groups excluding carboxylic acids is 1. The standard InChI is InChI=1S/C14H19N3O/c1-8(2)14(5)13(18)16-12(17-14)11-10(4)6-9(3)7-15-11/h6-8H,1-5H3,(H,16,17,18). The maximum Gasteiger partial charge on any atom is 0.253 e. The van der Waals surface area contributed by atoms with Gasteiger partial charge in [0.2, 0.25) is 0 Å². The topological polar surface area (TPSA) is 54.4 Å². The number of carbonyl (C=O) groups is 1. The molecule has 4 nitrogen and oxygen atoms in total. The van der Waals surface area contributed by atoms with Gasteiger partial charge in [-0.3, -0.25) is 9.78 Å². The summed E-state index contributed by atoms with van der Waals surface area (Å²) in [5.41, 5.74) is 2.21. The molecule has 0 aliphatic carbocycles. The number of amidine groups is 1. The third-order valence-corrected chi connectivity index (χ3v) is 3.60. The first kappa shape index (κ1) is 12.7. The summed E-state index contributed by atoms with van der Waals surface area (Å²) in [6.45, 7) is 9.85. The minimum absolute atomic E-state index is 0.0470. The van der Waals surface area contributed by atoms with E-state index in [1.165, 1.54) is 0 Å². The molecule has 18 heavy (non-hydrogen) atoms. The average molecular weight is 245 g/mol. The Balaban J connectivity index is 2.45. The third kappa shape index (κ3) is 1.92. The number of rotatable bonds is 2. The molecule has 2 rings (SSSR count). The van der Waals surface area contributed by atoms with Crippen molar-refractivity contribution in [3.05, 3.63) is 29.1 Å². The molecule has 0 aromatic carbocycles. The molecule has 0 radical (unpaired) electrons. The number of aliphatic imine (C=N–C) groups is 1. The van der Waals surface area contributed by atoms with Gasteiger partial charge in [0.15, 0.2) is 5.84 Å². The van der Waals surface area contributed by atoms with Crippen LogP contribution in [0.2, 0.25) is 0 Å². The SMILES string of the molecule is Cc1cnc(C2=NC(C)(C(C)C)C(=O)N2)c(C)c1. The van der Waals surface area contributed by atoms with Gasteiger partial charge in [-0.15, -0.1) is 0 Å². The van der Waals surface area contributed by atoms with Crippen molar-refractivity contribution in [2.75, 3.05) is 0 Å². The van der Waals surface area contributed by atoms with Gasteiger partial charge in [0, 0.05) is 6.20 Å². The van der Waals surface area contributed by atoms with Crippen LogP contribution in [0.1, 0.15) is 37.6 Å². The Morgan fingerprint density at radius 1 is 1.33 bits per heavy atom. The maximum atomic E-state index is 12.0. The Kier molecular flexibility index (Phi) is 2.97. The van der Waals surface area contributed by atoms with Gasteiger partial charge in [-0.05, 0) is 37.8 Å². The van der Waals surface area contributed by atoms with Crippen LogP contribution in [0.5, 0.6) is 0 Å². The van der Waals surface area contributed by atoms with Gasteiger partial charge in [-0.2, -0.15) is 0 Å². The van der Waals surface area contributed by atoms with Gasteiger partial charge in [0.25, 0.3) is 5.91 Å². The Hall–Kier alpha value is -1.71. The van der Waals surface area contributed by atoms with E-state index in [9.17, 15) is 4.79 Å². The Bertz CT molecular complexity index is 534. The molecular formula is C14H19N3O. The van der Waals surface area contributed by atoms with Crippen molar-refractivity contribution < 1.29 is 4.79 Å². The number of aromatic nitrogens is 1. The molecule has 1 amide bonds. The normalized spacial score (nSPS) is 23.2. The number of pyridine rings is 1. The highest BCUT2D eigenvalue weighted by Crippen LogP contribution is 2.27. The van der Waals surface area contributed by atoms with Crippen molar-refractivity contribution >= 4 is 11.7 Å². The highest BCUT2D eigenvalue weighted by Gasteiger charge is 2.42. The predicted octanol–water partition coefficient (Wildman–Crippen LogP) is 1.99. The monoisotopic (exact) mass is 245 g/mol. The largest absolute Gasteiger partial charge is 0.307 e. The lowest BCUT2D eigenvalue weighted by atomic mass is 9.89. The number of nitrogens with zero attached hydrogens (tertiary/aromatic N) is 2. The zero-order chi connectivity index (χ0) is 13.5. The number of aryl methyl sites for hydroxylation is 2. The second-order valence-corrected chi connectivity index (χ2v) is 5.39. The second-order valence-electron chi connectivity index (χ2n) is 5.39. The maximum absolute atomic E-state index is 12.0. The molecule has 0 saturated carbocycles. The summed E-state index contributed by atoms with van der Waals surface area (Å²) in [5.74, 6) is 0.698. The molecule has 0 saturated heterocycles. The lowest BCUT2D eigenvalue weighted by Gasteiger charge is -2.21. The predicted molar refractivity (Wildman–Crippen MR) is 71.6 cm³/mol. The van der Waals surface area contributed by atoms with Gasteiger partial charge in [0.1, 0.15) is 11.2 Å². The van der Waals surface area contributed by atoms with E-state index in [-0.39, 0.29) is 11.8 Å². The summed E-state index contributed by atoms with van der Waals surface area (Å²) in [4.78, 5) is 21.0. The van der Waals surface area contributed by atoms with E-state index in [2.05, 4.69) is 15.3 Å². The van der Waals surface area contributed by atoms with Gasteiger partial charge < -0.3 is 5.32 Å². The van der Waals surface area contributed by atoms with Crippen LogP contribution in [0.25, 0.3) is 0 Å². The summed E-state index contributed by atoms with van der Waals surface area (Å²) < 4.78 is 0. The molecule has 1 atom stereocenters. The molecular weight excluding hydrogens is 226 g/mol. The Morgan fingerprint density at radius 2 is 2.00 bits per heavy atom. The van der Waals surface area contributed by atoms with Gasteiger partial charge in [-0.25, -0.2) is 4.99 Å². The summed E-state index contributed by atoms with van der Waals surface area (Å²) in [6, 6.07) is 2.04. The van der Waals surface area contributed by atoms with Gasteiger partial charge in [0.05, 0.1) is 0 Å². The van der Waals surface area contributed by atoms with E-state index in [0.29, 0.717) is 5.84 Å². The zero-order valence-electron chi connectivity index (χ0n) is 11.5. The van der Waals surface area contributed by atoms with Crippen LogP contribution in [0, 0.1) is 19.8 Å². The lowest BCUT2D eigenvalue weighted by molar-refractivity contribution is -0.124. The number of amides is 1. The van der Waals surface area contributed by atoms with Crippen molar-refractivity contribution in [2.45, 2.75) is 40.2 Å². The van der Waals surface area contributed by atoms with Crippen LogP contribution < -0.4 is 5.32 Å². The van der Waals surface area contributed by atoms with Gasteiger partial charge in [-0.1, -0.05) is 19.9 Å². The molecule has 0 fully saturated rings. The molecule has 4 heteroatoms. The fourth-order valence-electron chi connectivity index (χ4n) is 2.01. The van der Waals surface area contributed by atoms with Crippen LogP contribution in [-0.4, -0.2) is 22.3 Å².